The molecule has 2 aromatic carbocycles. The van der Waals surface area contributed by atoms with Crippen LogP contribution in [0.5, 0.6) is 0 Å². The van der Waals surface area contributed by atoms with Gasteiger partial charge in [-0.25, -0.2) is 4.79 Å². The first-order valence-electron chi connectivity index (χ1n) is 6.87. The van der Waals surface area contributed by atoms with Crippen molar-refractivity contribution in [1.82, 2.24) is 0 Å². The Hall–Kier alpha value is -2.55. The zero-order valence-corrected chi connectivity index (χ0v) is 11.7. The summed E-state index contributed by atoms with van der Waals surface area (Å²) >= 11 is 0. The number of methoxy groups -OCH3 is 1. The van der Waals surface area contributed by atoms with Crippen LogP contribution in [0, 0.1) is 0 Å². The van der Waals surface area contributed by atoms with Crippen molar-refractivity contribution in [2.75, 3.05) is 7.11 Å². The molecule has 0 fully saturated rings. The lowest BCUT2D eigenvalue weighted by atomic mass is 9.78. The minimum Gasteiger partial charge on any atom is -0.511 e. The summed E-state index contributed by atoms with van der Waals surface area (Å²) in [7, 11) is 1.33. The molecule has 0 bridgehead atoms. The maximum Gasteiger partial charge on any atom is 0.341 e. The fourth-order valence-corrected chi connectivity index (χ4v) is 2.90. The van der Waals surface area contributed by atoms with Crippen molar-refractivity contribution >= 4 is 11.5 Å². The molecule has 0 aliphatic heterocycles. The van der Waals surface area contributed by atoms with E-state index in [0.29, 0.717) is 6.42 Å². The molecule has 21 heavy (non-hydrogen) atoms. The van der Waals surface area contributed by atoms with Crippen molar-refractivity contribution in [1.29, 1.82) is 0 Å². The number of benzene rings is 2. The van der Waals surface area contributed by atoms with Crippen LogP contribution in [0.2, 0.25) is 0 Å². The summed E-state index contributed by atoms with van der Waals surface area (Å²) in [6, 6.07) is 17.7. The first kappa shape index (κ1) is 13.4. The summed E-state index contributed by atoms with van der Waals surface area (Å²) < 4.78 is 4.80. The molecule has 0 saturated heterocycles. The van der Waals surface area contributed by atoms with Crippen LogP contribution in [0.3, 0.4) is 0 Å². The third-order valence-electron chi connectivity index (χ3n) is 3.88. The van der Waals surface area contributed by atoms with E-state index in [9.17, 15) is 9.90 Å². The van der Waals surface area contributed by atoms with Gasteiger partial charge in [-0.15, -0.1) is 0 Å². The molecule has 0 heterocycles. The average molecular weight is 280 g/mol. The Morgan fingerprint density at radius 2 is 1.76 bits per heavy atom. The minimum absolute atomic E-state index is 0.0517. The summed E-state index contributed by atoms with van der Waals surface area (Å²) in [6.45, 7) is 0. The summed E-state index contributed by atoms with van der Waals surface area (Å²) in [4.78, 5) is 11.9. The molecule has 3 rings (SSSR count). The molecule has 0 saturated carbocycles. The van der Waals surface area contributed by atoms with Crippen molar-refractivity contribution in [2.24, 2.45) is 0 Å². The van der Waals surface area contributed by atoms with E-state index < -0.39 is 5.97 Å². The zero-order chi connectivity index (χ0) is 14.8. The number of ether oxygens (including phenoxy) is 1. The van der Waals surface area contributed by atoms with Crippen LogP contribution in [-0.2, 0) is 9.53 Å². The van der Waals surface area contributed by atoms with Crippen LogP contribution in [0.1, 0.15) is 29.0 Å². The number of rotatable bonds is 2. The van der Waals surface area contributed by atoms with E-state index in [1.807, 2.05) is 54.6 Å². The Labute approximate surface area is 123 Å². The van der Waals surface area contributed by atoms with Gasteiger partial charge < -0.3 is 9.84 Å². The van der Waals surface area contributed by atoms with Gasteiger partial charge in [-0.05, 0) is 16.7 Å². The SMILES string of the molecule is COC(=O)C1=C(O)C[C@@H](c2ccccc2)c2ccccc21. The molecular weight excluding hydrogens is 264 g/mol. The number of allylic oxidation sites excluding steroid dienone is 1. The quantitative estimate of drug-likeness (QED) is 0.854. The second-order valence-corrected chi connectivity index (χ2v) is 5.07. The lowest BCUT2D eigenvalue weighted by molar-refractivity contribution is -0.133. The van der Waals surface area contributed by atoms with E-state index in [2.05, 4.69) is 0 Å². The fourth-order valence-electron chi connectivity index (χ4n) is 2.90. The third-order valence-corrected chi connectivity index (χ3v) is 3.88. The summed E-state index contributed by atoms with van der Waals surface area (Å²) in [6.07, 6.45) is 0.408. The maximum atomic E-state index is 11.9. The van der Waals surface area contributed by atoms with Gasteiger partial charge in [0.1, 0.15) is 11.3 Å². The molecule has 0 amide bonds. The number of aliphatic hydroxyl groups excluding tert-OH is 1. The number of hydrogen-bond acceptors (Lipinski definition) is 3. The Bertz CT molecular complexity index is 701. The topological polar surface area (TPSA) is 46.5 Å². The summed E-state index contributed by atoms with van der Waals surface area (Å²) in [5.41, 5.74) is 3.20. The summed E-state index contributed by atoms with van der Waals surface area (Å²) in [5.74, 6) is -0.350. The molecule has 3 heteroatoms. The Morgan fingerprint density at radius 1 is 1.10 bits per heavy atom. The average Bonchev–Trinajstić information content (AvgIpc) is 2.54. The van der Waals surface area contributed by atoms with Crippen LogP contribution in [0.4, 0.5) is 0 Å². The van der Waals surface area contributed by atoms with Crippen LogP contribution in [0.25, 0.3) is 5.57 Å². The van der Waals surface area contributed by atoms with Gasteiger partial charge in [-0.1, -0.05) is 54.6 Å². The van der Waals surface area contributed by atoms with Crippen molar-refractivity contribution in [3.05, 3.63) is 77.0 Å². The second kappa shape index (κ2) is 5.44. The lowest BCUT2D eigenvalue weighted by Crippen LogP contribution is -2.17. The number of esters is 1. The normalized spacial score (nSPS) is 17.3. The first-order chi connectivity index (χ1) is 10.2. The Morgan fingerprint density at radius 3 is 2.48 bits per heavy atom. The molecule has 1 atom stereocenters. The molecule has 1 aliphatic carbocycles. The molecule has 1 aliphatic rings. The number of fused-ring (bicyclic) bond motifs is 1. The van der Waals surface area contributed by atoms with E-state index in [4.69, 9.17) is 4.74 Å². The second-order valence-electron chi connectivity index (χ2n) is 5.07. The van der Waals surface area contributed by atoms with Crippen LogP contribution < -0.4 is 0 Å². The lowest BCUT2D eigenvalue weighted by Gasteiger charge is -2.27. The van der Waals surface area contributed by atoms with E-state index in [1.54, 1.807) is 0 Å². The number of aliphatic hydroxyl groups is 1. The molecule has 0 unspecified atom stereocenters. The maximum absolute atomic E-state index is 11.9. The monoisotopic (exact) mass is 280 g/mol. The summed E-state index contributed by atoms with van der Waals surface area (Å²) in [5, 5.41) is 10.3. The van der Waals surface area contributed by atoms with E-state index in [0.717, 1.165) is 16.7 Å². The minimum atomic E-state index is -0.494. The van der Waals surface area contributed by atoms with Crippen LogP contribution in [0.15, 0.2) is 60.4 Å². The fraction of sp³-hybridized carbons (Fsp3) is 0.167. The van der Waals surface area contributed by atoms with Crippen molar-refractivity contribution < 1.29 is 14.6 Å². The predicted octanol–water partition coefficient (Wildman–Crippen LogP) is 3.66. The first-order valence-corrected chi connectivity index (χ1v) is 6.87. The van der Waals surface area contributed by atoms with Gasteiger partial charge in [0, 0.05) is 12.3 Å². The van der Waals surface area contributed by atoms with E-state index >= 15 is 0 Å². The molecular formula is C18H16O3. The highest BCUT2D eigenvalue weighted by molar-refractivity contribution is 6.18. The molecule has 0 aromatic heterocycles. The highest BCUT2D eigenvalue weighted by Crippen LogP contribution is 2.41. The molecule has 0 spiro atoms. The van der Waals surface area contributed by atoms with Gasteiger partial charge in [0.25, 0.3) is 0 Å². The van der Waals surface area contributed by atoms with Gasteiger partial charge in [0.05, 0.1) is 7.11 Å². The van der Waals surface area contributed by atoms with E-state index in [-0.39, 0.29) is 17.3 Å². The number of carbonyl (C=O) groups excluding carboxylic acids is 1. The van der Waals surface area contributed by atoms with Crippen molar-refractivity contribution in [2.45, 2.75) is 12.3 Å². The molecule has 3 nitrogen and oxygen atoms in total. The van der Waals surface area contributed by atoms with Crippen molar-refractivity contribution in [3.8, 4) is 0 Å². The molecule has 1 N–H and O–H groups in total. The highest BCUT2D eigenvalue weighted by Gasteiger charge is 2.31. The van der Waals surface area contributed by atoms with E-state index in [1.165, 1.54) is 7.11 Å². The van der Waals surface area contributed by atoms with Gasteiger partial charge in [-0.2, -0.15) is 0 Å². The third kappa shape index (κ3) is 2.31. The van der Waals surface area contributed by atoms with Crippen molar-refractivity contribution in [3.63, 3.8) is 0 Å². The highest BCUT2D eigenvalue weighted by atomic mass is 16.5. The largest absolute Gasteiger partial charge is 0.511 e. The molecule has 2 aromatic rings. The zero-order valence-electron chi connectivity index (χ0n) is 11.7. The smallest absolute Gasteiger partial charge is 0.341 e. The van der Waals surface area contributed by atoms with Crippen LogP contribution in [-0.4, -0.2) is 18.2 Å². The number of carbonyl (C=O) groups is 1. The van der Waals surface area contributed by atoms with Gasteiger partial charge in [0.15, 0.2) is 0 Å². The molecule has 0 radical (unpaired) electrons. The van der Waals surface area contributed by atoms with Gasteiger partial charge >= 0.3 is 5.97 Å². The number of hydrogen-bond donors (Lipinski definition) is 1. The Balaban J connectivity index is 2.15. The van der Waals surface area contributed by atoms with Gasteiger partial charge in [-0.3, -0.25) is 0 Å². The van der Waals surface area contributed by atoms with Crippen LogP contribution >= 0.6 is 0 Å². The molecule has 106 valence electrons. The van der Waals surface area contributed by atoms with Gasteiger partial charge in [0.2, 0.25) is 0 Å². The Kier molecular flexibility index (Phi) is 3.48. The predicted molar refractivity (Wildman–Crippen MR) is 80.9 cm³/mol. The standard InChI is InChI=1S/C18H16O3/c1-21-18(20)17-14-10-6-5-9-13(14)15(11-16(17)19)12-7-3-2-4-8-12/h2-10,15,19H,11H2,1H3/t15-/m0/s1.